The number of hydrogen-bond acceptors (Lipinski definition) is 6. The van der Waals surface area contributed by atoms with Crippen LogP contribution in [0.2, 0.25) is 0 Å². The highest BCUT2D eigenvalue weighted by Gasteiger charge is 1.95. The molecule has 0 rings (SSSR count). The number of hydrogen-bond donors (Lipinski definition) is 1. The minimum Gasteiger partial charge on any atom is -1.00 e. The van der Waals surface area contributed by atoms with Gasteiger partial charge in [0.05, 0.1) is 40.8 Å². The molecule has 7 nitrogen and oxygen atoms in total. The first-order valence-electron chi connectivity index (χ1n) is 7.03. The summed E-state index contributed by atoms with van der Waals surface area (Å²) in [5, 5.41) is 9.49. The van der Waals surface area contributed by atoms with E-state index in [-0.39, 0.29) is 29.9 Å². The Labute approximate surface area is 157 Å². The van der Waals surface area contributed by atoms with Gasteiger partial charge in [0, 0.05) is 11.6 Å². The summed E-state index contributed by atoms with van der Waals surface area (Å²) < 4.78 is 8.71. The Morgan fingerprint density at radius 1 is 1.08 bits per heavy atom. The van der Waals surface area contributed by atoms with Gasteiger partial charge in [0.1, 0.15) is 0 Å². The van der Waals surface area contributed by atoms with Gasteiger partial charge >= 0.3 is 11.9 Å². The van der Waals surface area contributed by atoms with E-state index in [0.29, 0.717) is 12.2 Å². The third-order valence-corrected chi connectivity index (χ3v) is 1.34. The lowest BCUT2D eigenvalue weighted by molar-refractivity contribution is -0.836. The molecule has 0 bridgehead atoms. The zero-order chi connectivity index (χ0) is 20.3. The summed E-state index contributed by atoms with van der Waals surface area (Å²) in [5.74, 6) is -1.89. The van der Waals surface area contributed by atoms with E-state index in [1.807, 2.05) is 0 Å². The minimum atomic E-state index is -1.19. The maximum Gasteiger partial charge on any atom is 0.332 e. The molecule has 0 radical (unpaired) electrons. The van der Waals surface area contributed by atoms with Crippen molar-refractivity contribution in [3.63, 3.8) is 0 Å². The number of rotatable bonds is 4. The number of carboxylic acid groups (broad SMARTS) is 1. The lowest BCUT2D eigenvalue weighted by Crippen LogP contribution is -3.02. The Balaban J connectivity index is -0.0000000715. The monoisotopic (exact) mass is 380 g/mol. The first-order valence-corrected chi connectivity index (χ1v) is 7.03. The molecule has 148 valence electrons. The van der Waals surface area contributed by atoms with Crippen LogP contribution in [0.5, 0.6) is 0 Å². The van der Waals surface area contributed by atoms with Crippen LogP contribution in [0.4, 0.5) is 0 Å². The summed E-state index contributed by atoms with van der Waals surface area (Å²) in [6.45, 7) is 14.8. The molecule has 0 aromatic rings. The highest BCUT2D eigenvalue weighted by atomic mass is 35.5. The molecule has 0 aliphatic carbocycles. The van der Waals surface area contributed by atoms with Crippen molar-refractivity contribution in [2.75, 3.05) is 34.9 Å². The minimum absolute atomic E-state index is 0. The van der Waals surface area contributed by atoms with Gasteiger partial charge in [-0.15, -0.1) is 0 Å². The molecule has 0 amide bonds. The van der Waals surface area contributed by atoms with Gasteiger partial charge in [-0.05, 0) is 26.3 Å². The largest absolute Gasteiger partial charge is 1.00 e. The predicted octanol–water partition coefficient (Wildman–Crippen LogP) is -3.45. The Hall–Kier alpha value is -2.12. The van der Waals surface area contributed by atoms with Gasteiger partial charge in [-0.3, -0.25) is 0 Å². The van der Waals surface area contributed by atoms with Crippen LogP contribution in [-0.4, -0.2) is 52.8 Å². The summed E-state index contributed by atoms with van der Waals surface area (Å²) in [6.07, 6.45) is 1.14. The number of nitrogens with one attached hydrogen (secondary N) is 1. The van der Waals surface area contributed by atoms with Crippen LogP contribution in [0.15, 0.2) is 37.0 Å². The zero-order valence-corrected chi connectivity index (χ0v) is 17.0. The summed E-state index contributed by atoms with van der Waals surface area (Å²) in [6, 6.07) is 0. The van der Waals surface area contributed by atoms with Crippen LogP contribution in [0.25, 0.3) is 0 Å². The number of esters is 2. The van der Waals surface area contributed by atoms with E-state index < -0.39 is 5.97 Å². The quantitative estimate of drug-likeness (QED) is 0.402. The topological polar surface area (TPSA) is 97.2 Å². The van der Waals surface area contributed by atoms with E-state index in [0.717, 1.165) is 6.08 Å². The maximum atomic E-state index is 10.2. The van der Waals surface area contributed by atoms with Crippen molar-refractivity contribution in [3.8, 4) is 0 Å². The molecular weight excluding hydrogens is 350 g/mol. The number of quaternary nitrogens is 1. The van der Waals surface area contributed by atoms with Crippen LogP contribution in [0.1, 0.15) is 20.8 Å². The molecule has 0 atom stereocenters. The third-order valence-electron chi connectivity index (χ3n) is 1.34. The lowest BCUT2D eigenvalue weighted by atomic mass is 10.4. The molecule has 0 aromatic carbocycles. The number of ether oxygens (including phenoxy) is 2. The number of carbonyl (C=O) groups excluding carboxylic acids is 3. The highest BCUT2D eigenvalue weighted by Crippen LogP contribution is 1.87. The van der Waals surface area contributed by atoms with Crippen molar-refractivity contribution in [2.45, 2.75) is 20.8 Å². The molecule has 25 heavy (non-hydrogen) atoms. The Bertz CT molecular complexity index is 403. The van der Waals surface area contributed by atoms with Crippen molar-refractivity contribution in [1.82, 2.24) is 0 Å². The molecule has 0 unspecified atom stereocenters. The van der Waals surface area contributed by atoms with E-state index >= 15 is 0 Å². The van der Waals surface area contributed by atoms with Gasteiger partial charge in [-0.25, -0.2) is 9.59 Å². The van der Waals surface area contributed by atoms with Crippen LogP contribution in [0.3, 0.4) is 0 Å². The molecule has 1 N–H and O–H groups in total. The third kappa shape index (κ3) is 52.1. The fourth-order valence-electron chi connectivity index (χ4n) is 0.375. The molecule has 0 aliphatic heterocycles. The van der Waals surface area contributed by atoms with Crippen LogP contribution < -0.4 is 22.4 Å². The first-order chi connectivity index (χ1) is 10.9. The van der Waals surface area contributed by atoms with Crippen LogP contribution >= 0.6 is 0 Å². The standard InChI is InChI=1S/2C5H8O2.C4H6O2.C3H9N.ClH/c1-4(2)5(6)7-3;1-3-5(6)7-4-2;1-3(2)4(5)6;1-4(2)3;/h1H2,2-3H3;3H,1,4H2,2H3;1H2,2H3,(H,5,6);1-3H3;1H/p-1. The SMILES string of the molecule is C=C(C)C(=O)OC.C=C(C)C(=O)[O-].C=CC(=O)OCC.C[NH+](C)C.[Cl-]. The second-order valence-electron chi connectivity index (χ2n) is 4.80. The summed E-state index contributed by atoms with van der Waals surface area (Å²) >= 11 is 0. The number of carboxylic acids is 1. The molecule has 0 saturated heterocycles. The number of aliphatic carboxylic acids is 1. The number of methoxy groups -OCH3 is 1. The van der Waals surface area contributed by atoms with Gasteiger partial charge in [0.15, 0.2) is 0 Å². The van der Waals surface area contributed by atoms with Gasteiger partial charge in [-0.1, -0.05) is 19.7 Å². The fraction of sp³-hybridized carbons (Fsp3) is 0.471. The number of carbonyl (C=O) groups is 3. The Morgan fingerprint density at radius 3 is 1.44 bits per heavy atom. The average Bonchev–Trinajstić information content (AvgIpc) is 2.47. The molecule has 0 saturated carbocycles. The van der Waals surface area contributed by atoms with Crippen LogP contribution in [-0.2, 0) is 23.9 Å². The average molecular weight is 381 g/mol. The van der Waals surface area contributed by atoms with E-state index in [1.54, 1.807) is 13.8 Å². The molecule has 0 heterocycles. The van der Waals surface area contributed by atoms with Crippen molar-refractivity contribution in [2.24, 2.45) is 0 Å². The summed E-state index contributed by atoms with van der Waals surface area (Å²) in [7, 11) is 7.58. The van der Waals surface area contributed by atoms with Gasteiger partial charge in [0.25, 0.3) is 0 Å². The highest BCUT2D eigenvalue weighted by molar-refractivity contribution is 5.86. The molecule has 0 aromatic heterocycles. The second kappa shape index (κ2) is 24.1. The van der Waals surface area contributed by atoms with Crippen LogP contribution in [0, 0.1) is 0 Å². The summed E-state index contributed by atoms with van der Waals surface area (Å²) in [4.78, 5) is 31.2. The van der Waals surface area contributed by atoms with Crippen molar-refractivity contribution >= 4 is 17.9 Å². The van der Waals surface area contributed by atoms with Crippen molar-refractivity contribution in [1.29, 1.82) is 0 Å². The van der Waals surface area contributed by atoms with Crippen molar-refractivity contribution in [3.05, 3.63) is 37.0 Å². The smallest absolute Gasteiger partial charge is 0.332 e. The molecule has 0 aliphatic rings. The second-order valence-corrected chi connectivity index (χ2v) is 4.80. The first kappa shape index (κ1) is 34.3. The maximum absolute atomic E-state index is 10.2. The van der Waals surface area contributed by atoms with E-state index in [9.17, 15) is 19.5 Å². The normalized spacial score (nSPS) is 7.52. The number of halogens is 1. The van der Waals surface area contributed by atoms with E-state index in [4.69, 9.17) is 0 Å². The van der Waals surface area contributed by atoms with Gasteiger partial charge < -0.3 is 36.7 Å². The molecule has 0 fully saturated rings. The predicted molar refractivity (Wildman–Crippen MR) is 92.2 cm³/mol. The van der Waals surface area contributed by atoms with Crippen molar-refractivity contribution < 1.29 is 46.3 Å². The fourth-order valence-corrected chi connectivity index (χ4v) is 0.375. The molecular formula is C17H31ClNO6-. The lowest BCUT2D eigenvalue weighted by Gasteiger charge is -1.93. The van der Waals surface area contributed by atoms with Gasteiger partial charge in [0.2, 0.25) is 0 Å². The van der Waals surface area contributed by atoms with E-state index in [2.05, 4.69) is 50.4 Å². The van der Waals surface area contributed by atoms with Gasteiger partial charge in [-0.2, -0.15) is 0 Å². The summed E-state index contributed by atoms with van der Waals surface area (Å²) in [5.41, 5.74) is 0.498. The Morgan fingerprint density at radius 2 is 1.40 bits per heavy atom. The zero-order valence-electron chi connectivity index (χ0n) is 16.2. The Kier molecular flexibility index (Phi) is 33.1. The molecule has 0 spiro atoms. The molecule has 8 heteroatoms. The van der Waals surface area contributed by atoms with E-state index in [1.165, 1.54) is 18.9 Å².